The van der Waals surface area contributed by atoms with E-state index in [1.54, 1.807) is 0 Å². The summed E-state index contributed by atoms with van der Waals surface area (Å²) < 4.78 is 6.41. The molecular formula is C20H24OS2. The van der Waals surface area contributed by atoms with E-state index in [1.165, 1.54) is 45.2 Å². The first-order valence-corrected chi connectivity index (χ1v) is 10.2. The van der Waals surface area contributed by atoms with E-state index in [0.29, 0.717) is 0 Å². The van der Waals surface area contributed by atoms with Gasteiger partial charge in [-0.25, -0.2) is 0 Å². The van der Waals surface area contributed by atoms with Crippen LogP contribution in [0.4, 0.5) is 0 Å². The van der Waals surface area contributed by atoms with Crippen molar-refractivity contribution >= 4 is 22.7 Å². The summed E-state index contributed by atoms with van der Waals surface area (Å²) in [4.78, 5) is 2.78. The summed E-state index contributed by atoms with van der Waals surface area (Å²) in [5.74, 6) is 2.40. The van der Waals surface area contributed by atoms with Gasteiger partial charge in [-0.2, -0.15) is 0 Å². The third-order valence-electron chi connectivity index (χ3n) is 4.11. The van der Waals surface area contributed by atoms with Crippen molar-refractivity contribution < 1.29 is 4.42 Å². The highest BCUT2D eigenvalue weighted by atomic mass is 32.1. The van der Waals surface area contributed by atoms with Crippen LogP contribution in [0.25, 0.3) is 0 Å². The summed E-state index contributed by atoms with van der Waals surface area (Å²) >= 11 is 3.64. The second-order valence-electron chi connectivity index (χ2n) is 5.92. The molecule has 0 amide bonds. The quantitative estimate of drug-likeness (QED) is 0.455. The fourth-order valence-electron chi connectivity index (χ4n) is 3.12. The van der Waals surface area contributed by atoms with Crippen LogP contribution in [0, 0.1) is 0 Å². The monoisotopic (exact) mass is 344 g/mol. The van der Waals surface area contributed by atoms with Crippen molar-refractivity contribution in [3.63, 3.8) is 0 Å². The van der Waals surface area contributed by atoms with Gasteiger partial charge >= 0.3 is 0 Å². The number of hydrogen-bond donors (Lipinski definition) is 0. The zero-order chi connectivity index (χ0) is 16.1. The van der Waals surface area contributed by atoms with Crippen LogP contribution in [0.3, 0.4) is 0 Å². The van der Waals surface area contributed by atoms with Crippen molar-refractivity contribution in [1.29, 1.82) is 0 Å². The highest BCUT2D eigenvalue weighted by molar-refractivity contribution is 7.10. The molecule has 0 aromatic carbocycles. The largest absolute Gasteiger partial charge is 0.465 e. The van der Waals surface area contributed by atoms with Gasteiger partial charge in [0.05, 0.1) is 0 Å². The Morgan fingerprint density at radius 1 is 0.783 bits per heavy atom. The van der Waals surface area contributed by atoms with Gasteiger partial charge in [0.25, 0.3) is 0 Å². The zero-order valence-corrected chi connectivity index (χ0v) is 15.6. The van der Waals surface area contributed by atoms with E-state index >= 15 is 0 Å². The van der Waals surface area contributed by atoms with Gasteiger partial charge in [0.1, 0.15) is 11.5 Å². The molecule has 3 heterocycles. The first kappa shape index (κ1) is 16.5. The van der Waals surface area contributed by atoms with Gasteiger partial charge in [0.2, 0.25) is 0 Å². The van der Waals surface area contributed by atoms with Crippen LogP contribution in [-0.4, -0.2) is 0 Å². The Morgan fingerprint density at radius 2 is 1.26 bits per heavy atom. The Hall–Kier alpha value is -1.32. The number of furan rings is 1. The Morgan fingerprint density at radius 3 is 1.61 bits per heavy atom. The highest BCUT2D eigenvalue weighted by Gasteiger charge is 2.20. The summed E-state index contributed by atoms with van der Waals surface area (Å²) in [6, 6.07) is 8.67. The summed E-state index contributed by atoms with van der Waals surface area (Å²) in [5, 5.41) is 4.30. The van der Waals surface area contributed by atoms with Crippen molar-refractivity contribution in [3.05, 3.63) is 67.4 Å². The number of thiophene rings is 2. The van der Waals surface area contributed by atoms with Crippen molar-refractivity contribution in [1.82, 2.24) is 0 Å². The third-order valence-corrected chi connectivity index (χ3v) is 5.87. The van der Waals surface area contributed by atoms with Crippen LogP contribution >= 0.6 is 22.7 Å². The molecule has 23 heavy (non-hydrogen) atoms. The van der Waals surface area contributed by atoms with Crippen LogP contribution in [0.5, 0.6) is 0 Å². The minimum absolute atomic E-state index is 0.939. The Labute approximate surface area is 147 Å². The molecule has 0 spiro atoms. The minimum Gasteiger partial charge on any atom is -0.465 e. The van der Waals surface area contributed by atoms with Crippen molar-refractivity contribution in [2.45, 2.75) is 52.4 Å². The number of rotatable bonds is 8. The molecule has 0 aliphatic heterocycles. The molecule has 3 heteroatoms. The third kappa shape index (κ3) is 3.96. The van der Waals surface area contributed by atoms with Gasteiger partial charge in [-0.05, 0) is 46.9 Å². The van der Waals surface area contributed by atoms with Gasteiger partial charge in [-0.15, -0.1) is 22.7 Å². The highest BCUT2D eigenvalue weighted by Crippen LogP contribution is 2.31. The molecule has 0 aliphatic rings. The fourth-order valence-corrected chi connectivity index (χ4v) is 4.52. The standard InChI is InChI=1S/C20H24OS2/c1-3-7-17-18(8-4-2)20(14-16-10-6-12-23-16)21-19(17)13-15-9-5-11-22-15/h5-6,9-12H,3-4,7-8,13-14H2,1-2H3. The van der Waals surface area contributed by atoms with Crippen LogP contribution in [0.2, 0.25) is 0 Å². The lowest BCUT2D eigenvalue weighted by atomic mass is 9.98. The van der Waals surface area contributed by atoms with Crippen molar-refractivity contribution in [3.8, 4) is 0 Å². The van der Waals surface area contributed by atoms with Crippen molar-refractivity contribution in [2.75, 3.05) is 0 Å². The lowest BCUT2D eigenvalue weighted by molar-refractivity contribution is 0.477. The second-order valence-corrected chi connectivity index (χ2v) is 7.98. The number of hydrogen-bond acceptors (Lipinski definition) is 3. The molecule has 0 radical (unpaired) electrons. The Kier molecular flexibility index (Phi) is 5.74. The molecule has 0 bridgehead atoms. The van der Waals surface area contributed by atoms with E-state index in [1.807, 2.05) is 22.7 Å². The van der Waals surface area contributed by atoms with E-state index in [9.17, 15) is 0 Å². The van der Waals surface area contributed by atoms with E-state index < -0.39 is 0 Å². The molecule has 0 N–H and O–H groups in total. The predicted molar refractivity (Wildman–Crippen MR) is 101 cm³/mol. The van der Waals surface area contributed by atoms with E-state index in [4.69, 9.17) is 4.42 Å². The maximum Gasteiger partial charge on any atom is 0.112 e. The molecule has 0 saturated heterocycles. The molecular weight excluding hydrogens is 320 g/mol. The lowest BCUT2D eigenvalue weighted by Crippen LogP contribution is -1.96. The minimum atomic E-state index is 0.939. The molecule has 1 nitrogen and oxygen atoms in total. The zero-order valence-electron chi connectivity index (χ0n) is 13.9. The van der Waals surface area contributed by atoms with E-state index in [0.717, 1.165) is 25.7 Å². The SMILES string of the molecule is CCCc1c(Cc2cccs2)oc(Cc2cccs2)c1CCC. The van der Waals surface area contributed by atoms with E-state index in [2.05, 4.69) is 48.9 Å². The molecule has 0 fully saturated rings. The topological polar surface area (TPSA) is 13.1 Å². The normalized spacial score (nSPS) is 11.2. The molecule has 0 atom stereocenters. The summed E-state index contributed by atoms with van der Waals surface area (Å²) in [5.41, 5.74) is 2.96. The average molecular weight is 345 g/mol. The second kappa shape index (κ2) is 7.98. The van der Waals surface area contributed by atoms with Gasteiger partial charge in [0, 0.05) is 22.6 Å². The molecule has 3 aromatic heterocycles. The van der Waals surface area contributed by atoms with Gasteiger partial charge in [0.15, 0.2) is 0 Å². The molecule has 0 unspecified atom stereocenters. The maximum absolute atomic E-state index is 6.41. The fraction of sp³-hybridized carbons (Fsp3) is 0.400. The van der Waals surface area contributed by atoms with Gasteiger partial charge in [-0.1, -0.05) is 38.8 Å². The predicted octanol–water partition coefficient (Wildman–Crippen LogP) is 6.49. The molecule has 3 aromatic rings. The van der Waals surface area contributed by atoms with Crippen LogP contribution in [0.15, 0.2) is 39.4 Å². The molecule has 0 aliphatic carbocycles. The molecule has 0 saturated carbocycles. The first-order valence-electron chi connectivity index (χ1n) is 8.48. The van der Waals surface area contributed by atoms with Crippen LogP contribution < -0.4 is 0 Å². The van der Waals surface area contributed by atoms with Crippen LogP contribution in [0.1, 0.15) is 59.1 Å². The lowest BCUT2D eigenvalue weighted by Gasteiger charge is -2.04. The van der Waals surface area contributed by atoms with Crippen molar-refractivity contribution in [2.24, 2.45) is 0 Å². The van der Waals surface area contributed by atoms with Gasteiger partial charge < -0.3 is 4.42 Å². The van der Waals surface area contributed by atoms with Crippen LogP contribution in [-0.2, 0) is 25.7 Å². The summed E-state index contributed by atoms with van der Waals surface area (Å²) in [7, 11) is 0. The first-order chi connectivity index (χ1) is 11.3. The van der Waals surface area contributed by atoms with E-state index in [-0.39, 0.29) is 0 Å². The summed E-state index contributed by atoms with van der Waals surface area (Å²) in [6.45, 7) is 4.52. The smallest absolute Gasteiger partial charge is 0.112 e. The summed E-state index contributed by atoms with van der Waals surface area (Å²) in [6.07, 6.45) is 6.48. The molecule has 3 rings (SSSR count). The Bertz CT molecular complexity index is 645. The average Bonchev–Trinajstić information content (AvgIpc) is 3.27. The Balaban J connectivity index is 1.96. The van der Waals surface area contributed by atoms with Gasteiger partial charge in [-0.3, -0.25) is 0 Å². The maximum atomic E-state index is 6.41. The molecule has 122 valence electrons.